The van der Waals surface area contributed by atoms with Gasteiger partial charge in [-0.15, -0.1) is 0 Å². The minimum atomic E-state index is -0.423. The van der Waals surface area contributed by atoms with Crippen molar-refractivity contribution in [1.29, 1.82) is 0 Å². The molecule has 0 radical (unpaired) electrons. The van der Waals surface area contributed by atoms with Crippen LogP contribution in [0.3, 0.4) is 0 Å². The summed E-state index contributed by atoms with van der Waals surface area (Å²) >= 11 is 0. The van der Waals surface area contributed by atoms with E-state index in [2.05, 4.69) is 22.4 Å². The van der Waals surface area contributed by atoms with Gasteiger partial charge in [0.1, 0.15) is 12.1 Å². The normalized spacial score (nSPS) is 24.9. The summed E-state index contributed by atoms with van der Waals surface area (Å²) in [6.07, 6.45) is 5.06. The molecule has 2 N–H and O–H groups in total. The van der Waals surface area contributed by atoms with Crippen molar-refractivity contribution in [3.63, 3.8) is 0 Å². The van der Waals surface area contributed by atoms with E-state index in [4.69, 9.17) is 0 Å². The second kappa shape index (κ2) is 8.02. The minimum absolute atomic E-state index is 0.0705. The highest BCUT2D eigenvalue weighted by Crippen LogP contribution is 2.43. The highest BCUT2D eigenvalue weighted by Gasteiger charge is 2.52. The Morgan fingerprint density at radius 1 is 1.19 bits per heavy atom. The summed E-state index contributed by atoms with van der Waals surface area (Å²) in [4.78, 5) is 45.9. The van der Waals surface area contributed by atoms with Crippen molar-refractivity contribution >= 4 is 28.6 Å². The van der Waals surface area contributed by atoms with Crippen LogP contribution >= 0.6 is 0 Å². The molecule has 2 fully saturated rings. The molecule has 0 bridgehead atoms. The van der Waals surface area contributed by atoms with E-state index < -0.39 is 6.04 Å². The Morgan fingerprint density at radius 2 is 2.03 bits per heavy atom. The number of piperazine rings is 1. The van der Waals surface area contributed by atoms with Gasteiger partial charge in [0, 0.05) is 42.5 Å². The molecule has 4 heterocycles. The van der Waals surface area contributed by atoms with Gasteiger partial charge < -0.3 is 20.1 Å². The number of nitrogens with one attached hydrogen (secondary N) is 2. The average Bonchev–Trinajstić information content (AvgIpc) is 3.40. The number of carbonyl (C=O) groups excluding carboxylic acids is 3. The van der Waals surface area contributed by atoms with E-state index in [0.717, 1.165) is 47.8 Å². The lowest BCUT2D eigenvalue weighted by Crippen LogP contribution is -2.65. The first-order chi connectivity index (χ1) is 15.1. The van der Waals surface area contributed by atoms with Crippen LogP contribution in [0.1, 0.15) is 62.7 Å². The lowest BCUT2D eigenvalue weighted by atomic mass is 9.86. The Morgan fingerprint density at radius 3 is 2.87 bits per heavy atom. The molecule has 3 amide bonds. The Hall–Kier alpha value is -2.83. The fourth-order valence-corrected chi connectivity index (χ4v) is 5.66. The van der Waals surface area contributed by atoms with Crippen molar-refractivity contribution in [3.8, 4) is 0 Å². The molecule has 0 unspecified atom stereocenters. The van der Waals surface area contributed by atoms with Gasteiger partial charge >= 0.3 is 0 Å². The third kappa shape index (κ3) is 3.30. The number of amides is 3. The monoisotopic (exact) mass is 422 g/mol. The van der Waals surface area contributed by atoms with E-state index in [1.54, 1.807) is 0 Å². The van der Waals surface area contributed by atoms with Gasteiger partial charge in [-0.1, -0.05) is 25.1 Å². The van der Waals surface area contributed by atoms with Crippen molar-refractivity contribution in [1.82, 2.24) is 20.1 Å². The van der Waals surface area contributed by atoms with Crippen LogP contribution in [0.25, 0.3) is 10.9 Å². The number of rotatable bonds is 6. The number of para-hydroxylation sites is 1. The molecule has 7 nitrogen and oxygen atoms in total. The number of benzene rings is 1. The van der Waals surface area contributed by atoms with Gasteiger partial charge in [-0.3, -0.25) is 14.4 Å². The maximum Gasteiger partial charge on any atom is 0.246 e. The topological polar surface area (TPSA) is 85.5 Å². The van der Waals surface area contributed by atoms with E-state index in [9.17, 15) is 14.4 Å². The Balaban J connectivity index is 1.46. The molecule has 0 aliphatic carbocycles. The Bertz CT molecular complexity index is 1030. The number of aromatic nitrogens is 1. The Labute approximate surface area is 182 Å². The maximum atomic E-state index is 13.5. The van der Waals surface area contributed by atoms with Crippen LogP contribution in [0.15, 0.2) is 24.3 Å². The lowest BCUT2D eigenvalue weighted by Gasteiger charge is -2.48. The molecular formula is C24H30N4O3. The van der Waals surface area contributed by atoms with Crippen LogP contribution in [-0.4, -0.2) is 57.7 Å². The zero-order valence-electron chi connectivity index (χ0n) is 18.0. The van der Waals surface area contributed by atoms with Crippen LogP contribution in [-0.2, 0) is 20.8 Å². The number of hydrogen-bond donors (Lipinski definition) is 2. The molecular weight excluding hydrogens is 392 g/mol. The van der Waals surface area contributed by atoms with Crippen LogP contribution in [0, 0.1) is 0 Å². The van der Waals surface area contributed by atoms with Crippen molar-refractivity contribution in [2.45, 2.75) is 70.0 Å². The van der Waals surface area contributed by atoms with Gasteiger partial charge in [0.25, 0.3) is 0 Å². The summed E-state index contributed by atoms with van der Waals surface area (Å²) in [7, 11) is 0. The number of carbonyl (C=O) groups is 3. The zero-order chi connectivity index (χ0) is 21.5. The van der Waals surface area contributed by atoms with Crippen LogP contribution in [0.4, 0.5) is 0 Å². The predicted molar refractivity (Wildman–Crippen MR) is 117 cm³/mol. The second-order valence-corrected chi connectivity index (χ2v) is 8.98. The smallest absolute Gasteiger partial charge is 0.246 e. The molecule has 3 aliphatic heterocycles. The van der Waals surface area contributed by atoms with Crippen molar-refractivity contribution < 1.29 is 14.4 Å². The summed E-state index contributed by atoms with van der Waals surface area (Å²) in [6, 6.07) is 7.28. The molecule has 7 heteroatoms. The summed E-state index contributed by atoms with van der Waals surface area (Å²) in [5.74, 6) is 0.256. The number of aromatic amines is 1. The van der Waals surface area contributed by atoms with E-state index in [1.807, 2.05) is 28.9 Å². The quantitative estimate of drug-likeness (QED) is 0.702. The predicted octanol–water partition coefficient (Wildman–Crippen LogP) is 2.66. The first-order valence-electron chi connectivity index (χ1n) is 11.6. The summed E-state index contributed by atoms with van der Waals surface area (Å²) in [5, 5.41) is 4.12. The molecule has 5 rings (SSSR count). The van der Waals surface area contributed by atoms with E-state index in [0.29, 0.717) is 32.4 Å². The fraction of sp³-hybridized carbons (Fsp3) is 0.542. The Kier molecular flexibility index (Phi) is 5.20. The molecule has 3 aliphatic rings. The second-order valence-electron chi connectivity index (χ2n) is 8.98. The molecule has 1 aromatic carbocycles. The van der Waals surface area contributed by atoms with Gasteiger partial charge in [0.2, 0.25) is 17.7 Å². The van der Waals surface area contributed by atoms with Gasteiger partial charge in [0.05, 0.1) is 6.04 Å². The van der Waals surface area contributed by atoms with Gasteiger partial charge in [-0.05, 0) is 43.7 Å². The van der Waals surface area contributed by atoms with E-state index in [-0.39, 0.29) is 29.8 Å². The van der Waals surface area contributed by atoms with E-state index >= 15 is 0 Å². The molecule has 0 spiro atoms. The highest BCUT2D eigenvalue weighted by atomic mass is 16.2. The van der Waals surface area contributed by atoms with Gasteiger partial charge in [-0.2, -0.15) is 0 Å². The van der Waals surface area contributed by atoms with E-state index in [1.165, 1.54) is 0 Å². The average molecular weight is 423 g/mol. The number of nitrogens with zero attached hydrogens (tertiary/aromatic N) is 2. The van der Waals surface area contributed by atoms with Crippen molar-refractivity contribution in [2.75, 3.05) is 13.1 Å². The molecule has 1 aromatic heterocycles. The maximum absolute atomic E-state index is 13.5. The molecule has 0 saturated carbocycles. The highest BCUT2D eigenvalue weighted by molar-refractivity contribution is 5.99. The minimum Gasteiger partial charge on any atom is -0.356 e. The van der Waals surface area contributed by atoms with Crippen molar-refractivity contribution in [3.05, 3.63) is 35.5 Å². The molecule has 31 heavy (non-hydrogen) atoms. The third-order valence-electron chi connectivity index (χ3n) is 7.06. The van der Waals surface area contributed by atoms with Gasteiger partial charge in [-0.25, -0.2) is 0 Å². The molecule has 3 atom stereocenters. The summed E-state index contributed by atoms with van der Waals surface area (Å²) in [6.45, 7) is 3.26. The third-order valence-corrected chi connectivity index (χ3v) is 7.06. The zero-order valence-corrected chi connectivity index (χ0v) is 18.0. The van der Waals surface area contributed by atoms with Gasteiger partial charge in [0.15, 0.2) is 0 Å². The van der Waals surface area contributed by atoms with Crippen LogP contribution in [0.5, 0.6) is 0 Å². The molecule has 164 valence electrons. The molecule has 2 aromatic rings. The van der Waals surface area contributed by atoms with Crippen LogP contribution < -0.4 is 5.32 Å². The number of hydrogen-bond acceptors (Lipinski definition) is 3. The number of fused-ring (bicyclic) bond motifs is 5. The standard InChI is InChI=1S/C24H30N4O3/c1-2-7-21(29)25-12-5-10-18-22-16(15-8-3-4-9-17(15)26-22)14-20-23(30)27-13-6-11-19(27)24(31)28(18)20/h3-4,8-9,18-20,26H,2,5-7,10-14H2,1H3,(H,25,29)/t18-,19-,20-/m0/s1. The first-order valence-corrected chi connectivity index (χ1v) is 11.6. The lowest BCUT2D eigenvalue weighted by molar-refractivity contribution is -0.163. The van der Waals surface area contributed by atoms with Crippen molar-refractivity contribution in [2.24, 2.45) is 0 Å². The fourth-order valence-electron chi connectivity index (χ4n) is 5.66. The first kappa shape index (κ1) is 20.1. The summed E-state index contributed by atoms with van der Waals surface area (Å²) < 4.78 is 0. The SMILES string of the molecule is CCCC(=O)NCCC[C@H]1c2[nH]c3ccccc3c2C[C@H]2C(=O)N3CCC[C@H]3C(=O)N21. The van der Waals surface area contributed by atoms with Crippen LogP contribution in [0.2, 0.25) is 0 Å². The summed E-state index contributed by atoms with van der Waals surface area (Å²) in [5.41, 5.74) is 3.27. The largest absolute Gasteiger partial charge is 0.356 e. The molecule has 2 saturated heterocycles. The number of H-pyrrole nitrogens is 1.